The average molecular weight is 409 g/mol. The number of phenols is 2. The molecule has 1 atom stereocenters. The smallest absolute Gasteiger partial charge is 0.123 e. The van der Waals surface area contributed by atoms with Gasteiger partial charge in [0, 0.05) is 25.2 Å². The van der Waals surface area contributed by atoms with Gasteiger partial charge in [-0.25, -0.2) is 4.21 Å². The van der Waals surface area contributed by atoms with E-state index in [1.807, 2.05) is 36.4 Å². The minimum absolute atomic E-state index is 0.0769. The van der Waals surface area contributed by atoms with Crippen molar-refractivity contribution in [3.05, 3.63) is 71.3 Å². The molecule has 1 aliphatic rings. The molecular formula is C23H24N2O3S. The fraction of sp³-hybridized carbons (Fsp3) is 0.217. The molecule has 0 radical (unpaired) electrons. The molecule has 3 N–H and O–H groups in total. The third kappa shape index (κ3) is 3.50. The number of nitrogens with one attached hydrogen (secondary N) is 1. The van der Waals surface area contributed by atoms with Crippen LogP contribution >= 0.6 is 0 Å². The number of para-hydroxylation sites is 1. The summed E-state index contributed by atoms with van der Waals surface area (Å²) in [5, 5.41) is 23.2. The molecular weight excluding hydrogens is 384 g/mol. The number of anilines is 2. The highest BCUT2D eigenvalue weighted by Gasteiger charge is 2.29. The standard InChI is InChI=1S/C23H24N2O3S/c1-15-10-11-22-23(16(15)2)25(18-6-3-4-9-21(18)29(22)28)13-12-24-14-17-19(26)7-5-8-20(17)27/h3-11,24,26-27H,12-14H2,1-2H3. The van der Waals surface area contributed by atoms with Crippen molar-refractivity contribution in [2.24, 2.45) is 0 Å². The van der Waals surface area contributed by atoms with Crippen LogP contribution in [0.25, 0.3) is 0 Å². The van der Waals surface area contributed by atoms with Gasteiger partial charge >= 0.3 is 0 Å². The lowest BCUT2D eigenvalue weighted by Crippen LogP contribution is -2.32. The number of aromatic hydroxyl groups is 2. The molecule has 29 heavy (non-hydrogen) atoms. The molecule has 5 nitrogen and oxygen atoms in total. The van der Waals surface area contributed by atoms with Crippen molar-refractivity contribution in [1.29, 1.82) is 0 Å². The lowest BCUT2D eigenvalue weighted by atomic mass is 10.1. The Labute approximate surface area is 173 Å². The highest BCUT2D eigenvalue weighted by Crippen LogP contribution is 2.44. The fourth-order valence-electron chi connectivity index (χ4n) is 3.72. The van der Waals surface area contributed by atoms with Crippen molar-refractivity contribution >= 4 is 22.2 Å². The maximum Gasteiger partial charge on any atom is 0.123 e. The molecule has 0 aliphatic carbocycles. The number of fused-ring (bicyclic) bond motifs is 2. The molecule has 0 saturated carbocycles. The summed E-state index contributed by atoms with van der Waals surface area (Å²) in [7, 11) is -1.20. The molecule has 150 valence electrons. The summed E-state index contributed by atoms with van der Waals surface area (Å²) >= 11 is 0. The Bertz CT molecular complexity index is 1080. The predicted octanol–water partition coefficient (Wildman–Crippen LogP) is 4.12. The summed E-state index contributed by atoms with van der Waals surface area (Å²) in [6.07, 6.45) is 0. The van der Waals surface area contributed by atoms with Gasteiger partial charge in [0.2, 0.25) is 0 Å². The van der Waals surface area contributed by atoms with Crippen LogP contribution < -0.4 is 10.2 Å². The van der Waals surface area contributed by atoms with E-state index in [1.165, 1.54) is 0 Å². The van der Waals surface area contributed by atoms with Gasteiger partial charge in [-0.1, -0.05) is 24.3 Å². The number of hydrogen-bond donors (Lipinski definition) is 3. The Hall–Kier alpha value is -2.83. The maximum absolute atomic E-state index is 13.1. The molecule has 0 bridgehead atoms. The van der Waals surface area contributed by atoms with Crippen LogP contribution in [0, 0.1) is 13.8 Å². The SMILES string of the molecule is Cc1ccc2c(c1C)N(CCNCc1c(O)cccc1O)c1ccccc1S2=O. The average Bonchev–Trinajstić information content (AvgIpc) is 2.71. The second-order valence-electron chi connectivity index (χ2n) is 7.19. The third-order valence-electron chi connectivity index (χ3n) is 5.43. The molecule has 0 fully saturated rings. The number of rotatable bonds is 5. The first-order chi connectivity index (χ1) is 14.0. The van der Waals surface area contributed by atoms with Crippen LogP contribution in [0.15, 0.2) is 64.4 Å². The summed E-state index contributed by atoms with van der Waals surface area (Å²) in [5.41, 5.74) is 4.74. The lowest BCUT2D eigenvalue weighted by molar-refractivity contribution is 0.433. The van der Waals surface area contributed by atoms with E-state index >= 15 is 0 Å². The van der Waals surface area contributed by atoms with Gasteiger partial charge in [0.1, 0.15) is 11.5 Å². The van der Waals surface area contributed by atoms with E-state index in [9.17, 15) is 14.4 Å². The second kappa shape index (κ2) is 7.89. The first-order valence-corrected chi connectivity index (χ1v) is 10.7. The van der Waals surface area contributed by atoms with Crippen LogP contribution in [0.4, 0.5) is 11.4 Å². The van der Waals surface area contributed by atoms with Crippen LogP contribution in [-0.2, 0) is 17.3 Å². The van der Waals surface area contributed by atoms with Gasteiger partial charge in [0.15, 0.2) is 0 Å². The van der Waals surface area contributed by atoms with Gasteiger partial charge in [-0.2, -0.15) is 0 Å². The second-order valence-corrected chi connectivity index (χ2v) is 8.61. The van der Waals surface area contributed by atoms with Gasteiger partial charge in [-0.05, 0) is 55.3 Å². The summed E-state index contributed by atoms with van der Waals surface area (Å²) in [6, 6.07) is 16.5. The molecule has 3 aromatic rings. The first-order valence-electron chi connectivity index (χ1n) is 9.58. The molecule has 1 aliphatic heterocycles. The molecule has 0 aromatic heterocycles. The number of phenolic OH excluding ortho intramolecular Hbond substituents is 2. The van der Waals surface area contributed by atoms with Gasteiger partial charge < -0.3 is 20.4 Å². The van der Waals surface area contributed by atoms with E-state index in [0.29, 0.717) is 25.2 Å². The number of hydrogen-bond acceptors (Lipinski definition) is 5. The molecule has 4 rings (SSSR count). The van der Waals surface area contributed by atoms with E-state index in [0.717, 1.165) is 32.3 Å². The van der Waals surface area contributed by atoms with Crippen molar-refractivity contribution in [2.45, 2.75) is 30.2 Å². The zero-order chi connectivity index (χ0) is 20.5. The highest BCUT2D eigenvalue weighted by atomic mass is 32.2. The van der Waals surface area contributed by atoms with Crippen LogP contribution in [0.5, 0.6) is 11.5 Å². The Kier molecular flexibility index (Phi) is 5.30. The molecule has 0 spiro atoms. The zero-order valence-corrected chi connectivity index (χ0v) is 17.3. The van der Waals surface area contributed by atoms with Crippen LogP contribution in [0.3, 0.4) is 0 Å². The quantitative estimate of drug-likeness (QED) is 0.554. The molecule has 1 unspecified atom stereocenters. The van der Waals surface area contributed by atoms with Gasteiger partial charge in [-0.15, -0.1) is 0 Å². The minimum Gasteiger partial charge on any atom is -0.507 e. The van der Waals surface area contributed by atoms with E-state index in [-0.39, 0.29) is 11.5 Å². The Morgan fingerprint density at radius 3 is 2.41 bits per heavy atom. The van der Waals surface area contributed by atoms with Crippen molar-refractivity contribution in [3.63, 3.8) is 0 Å². The molecule has 1 heterocycles. The first kappa shape index (κ1) is 19.5. The topological polar surface area (TPSA) is 72.8 Å². The Morgan fingerprint density at radius 1 is 0.931 bits per heavy atom. The molecule has 6 heteroatoms. The van der Waals surface area contributed by atoms with Crippen LogP contribution in [0.2, 0.25) is 0 Å². The maximum atomic E-state index is 13.1. The van der Waals surface area contributed by atoms with Crippen molar-refractivity contribution < 1.29 is 14.4 Å². The lowest BCUT2D eigenvalue weighted by Gasteiger charge is -2.34. The highest BCUT2D eigenvalue weighted by molar-refractivity contribution is 7.85. The Morgan fingerprint density at radius 2 is 1.66 bits per heavy atom. The van der Waals surface area contributed by atoms with Crippen LogP contribution in [-0.4, -0.2) is 27.5 Å². The van der Waals surface area contributed by atoms with Crippen molar-refractivity contribution in [3.8, 4) is 11.5 Å². The molecule has 3 aromatic carbocycles. The largest absolute Gasteiger partial charge is 0.507 e. The van der Waals surface area contributed by atoms with Gasteiger partial charge in [0.25, 0.3) is 0 Å². The van der Waals surface area contributed by atoms with E-state index in [4.69, 9.17) is 0 Å². The number of benzene rings is 3. The predicted molar refractivity (Wildman–Crippen MR) is 116 cm³/mol. The fourth-order valence-corrected chi connectivity index (χ4v) is 5.16. The van der Waals surface area contributed by atoms with Crippen LogP contribution in [0.1, 0.15) is 16.7 Å². The summed E-state index contributed by atoms with van der Waals surface area (Å²) < 4.78 is 13.1. The zero-order valence-electron chi connectivity index (χ0n) is 16.5. The van der Waals surface area contributed by atoms with Gasteiger partial charge in [-0.3, -0.25) is 0 Å². The van der Waals surface area contributed by atoms with Crippen molar-refractivity contribution in [2.75, 3.05) is 18.0 Å². The number of nitrogens with zero attached hydrogens (tertiary/aromatic N) is 1. The van der Waals surface area contributed by atoms with Gasteiger partial charge in [0.05, 0.1) is 32.0 Å². The van der Waals surface area contributed by atoms with E-state index in [2.05, 4.69) is 24.1 Å². The van der Waals surface area contributed by atoms with E-state index < -0.39 is 10.8 Å². The normalized spacial score (nSPS) is 15.1. The monoisotopic (exact) mass is 408 g/mol. The Balaban J connectivity index is 1.60. The summed E-state index contributed by atoms with van der Waals surface area (Å²) in [4.78, 5) is 3.87. The van der Waals surface area contributed by atoms with Crippen molar-refractivity contribution in [1.82, 2.24) is 5.32 Å². The molecule has 0 amide bonds. The summed E-state index contributed by atoms with van der Waals surface area (Å²) in [5.74, 6) is 0.154. The van der Waals surface area contributed by atoms with E-state index in [1.54, 1.807) is 18.2 Å². The summed E-state index contributed by atoms with van der Waals surface area (Å²) in [6.45, 7) is 5.79. The minimum atomic E-state index is -1.20. The number of aryl methyl sites for hydroxylation is 1. The molecule has 0 saturated heterocycles. The third-order valence-corrected chi connectivity index (χ3v) is 6.90.